The molecule has 9 nitrogen and oxygen atoms in total. The number of hydrazone groups is 1. The molecule has 0 spiro atoms. The van der Waals surface area contributed by atoms with E-state index in [0.29, 0.717) is 29.5 Å². The number of anilines is 1. The standard InChI is InChI=1S/C22H23N5O4/c1-15-6-3-9-20(23-15)24-21(28)13-26(2)14-22(29)27-17(19-8-5-11-31-19)12-16(25-27)18-7-4-10-30-18/h3-11,17H,12-14H2,1-2H3,(H,23,24,28). The Labute approximate surface area is 179 Å². The van der Waals surface area contributed by atoms with Crippen LogP contribution in [0.15, 0.2) is 68.9 Å². The molecule has 1 aliphatic heterocycles. The highest BCUT2D eigenvalue weighted by atomic mass is 16.3. The molecule has 4 heterocycles. The Kier molecular flexibility index (Phi) is 5.94. The summed E-state index contributed by atoms with van der Waals surface area (Å²) in [6.45, 7) is 1.90. The summed E-state index contributed by atoms with van der Waals surface area (Å²) in [5.41, 5.74) is 1.48. The van der Waals surface area contributed by atoms with E-state index in [0.717, 1.165) is 5.69 Å². The van der Waals surface area contributed by atoms with E-state index in [9.17, 15) is 9.59 Å². The molecule has 0 aliphatic carbocycles. The Morgan fingerprint density at radius 3 is 2.65 bits per heavy atom. The first-order valence-electron chi connectivity index (χ1n) is 9.88. The van der Waals surface area contributed by atoms with Gasteiger partial charge >= 0.3 is 0 Å². The van der Waals surface area contributed by atoms with Crippen molar-refractivity contribution >= 4 is 23.3 Å². The summed E-state index contributed by atoms with van der Waals surface area (Å²) in [5, 5.41) is 8.64. The molecular weight excluding hydrogens is 398 g/mol. The fourth-order valence-electron chi connectivity index (χ4n) is 3.43. The molecule has 31 heavy (non-hydrogen) atoms. The van der Waals surface area contributed by atoms with Crippen molar-refractivity contribution in [3.8, 4) is 0 Å². The van der Waals surface area contributed by atoms with Gasteiger partial charge in [-0.25, -0.2) is 9.99 Å². The topological polar surface area (TPSA) is 104 Å². The molecule has 2 amide bonds. The van der Waals surface area contributed by atoms with Gasteiger partial charge in [0, 0.05) is 12.1 Å². The normalized spacial score (nSPS) is 15.9. The highest BCUT2D eigenvalue weighted by Crippen LogP contribution is 2.33. The second kappa shape index (κ2) is 8.97. The molecular formula is C22H23N5O4. The quantitative estimate of drug-likeness (QED) is 0.629. The number of carbonyl (C=O) groups is 2. The largest absolute Gasteiger partial charge is 0.467 e. The fraction of sp³-hybridized carbons (Fsp3) is 0.273. The average molecular weight is 421 g/mol. The van der Waals surface area contributed by atoms with Gasteiger partial charge < -0.3 is 14.2 Å². The number of likely N-dealkylation sites (N-methyl/N-ethyl adjacent to an activating group) is 1. The van der Waals surface area contributed by atoms with Crippen LogP contribution in [-0.2, 0) is 9.59 Å². The Balaban J connectivity index is 1.41. The molecule has 0 fully saturated rings. The van der Waals surface area contributed by atoms with E-state index in [-0.39, 0.29) is 30.9 Å². The van der Waals surface area contributed by atoms with E-state index in [1.54, 1.807) is 42.7 Å². The molecule has 0 saturated carbocycles. The van der Waals surface area contributed by atoms with Gasteiger partial charge in [0.25, 0.3) is 5.91 Å². The third-order valence-corrected chi connectivity index (χ3v) is 4.82. The van der Waals surface area contributed by atoms with Crippen molar-refractivity contribution in [1.82, 2.24) is 14.9 Å². The van der Waals surface area contributed by atoms with Gasteiger partial charge in [-0.05, 0) is 50.4 Å². The molecule has 0 radical (unpaired) electrons. The third kappa shape index (κ3) is 4.89. The zero-order valence-corrected chi connectivity index (χ0v) is 17.3. The number of nitrogens with zero attached hydrogens (tertiary/aromatic N) is 4. The van der Waals surface area contributed by atoms with Crippen molar-refractivity contribution in [2.45, 2.75) is 19.4 Å². The third-order valence-electron chi connectivity index (χ3n) is 4.82. The van der Waals surface area contributed by atoms with Gasteiger partial charge in [-0.15, -0.1) is 0 Å². The van der Waals surface area contributed by atoms with Gasteiger partial charge in [0.2, 0.25) is 5.91 Å². The summed E-state index contributed by atoms with van der Waals surface area (Å²) in [5.74, 6) is 1.24. The molecule has 1 aliphatic rings. The van der Waals surface area contributed by atoms with Crippen LogP contribution >= 0.6 is 0 Å². The second-order valence-corrected chi connectivity index (χ2v) is 7.38. The van der Waals surface area contributed by atoms with Crippen molar-refractivity contribution in [1.29, 1.82) is 0 Å². The summed E-state index contributed by atoms with van der Waals surface area (Å²) in [7, 11) is 1.70. The van der Waals surface area contributed by atoms with Gasteiger partial charge in [-0.2, -0.15) is 5.10 Å². The number of pyridine rings is 1. The lowest BCUT2D eigenvalue weighted by atomic mass is 10.1. The number of rotatable bonds is 7. The van der Waals surface area contributed by atoms with Gasteiger partial charge in [0.05, 0.1) is 25.6 Å². The van der Waals surface area contributed by atoms with Crippen molar-refractivity contribution in [3.63, 3.8) is 0 Å². The predicted octanol–water partition coefficient (Wildman–Crippen LogP) is 2.82. The molecule has 1 N–H and O–H groups in total. The molecule has 1 unspecified atom stereocenters. The van der Waals surface area contributed by atoms with E-state index in [1.807, 2.05) is 31.2 Å². The number of aryl methyl sites for hydroxylation is 1. The molecule has 3 aromatic rings. The zero-order chi connectivity index (χ0) is 21.8. The van der Waals surface area contributed by atoms with Crippen LogP contribution in [0.5, 0.6) is 0 Å². The van der Waals surface area contributed by atoms with E-state index >= 15 is 0 Å². The van der Waals surface area contributed by atoms with Crippen LogP contribution in [0.3, 0.4) is 0 Å². The summed E-state index contributed by atoms with van der Waals surface area (Å²) >= 11 is 0. The van der Waals surface area contributed by atoms with Crippen molar-refractivity contribution in [3.05, 3.63) is 72.2 Å². The molecule has 1 atom stereocenters. The SMILES string of the molecule is Cc1cccc(NC(=O)CN(C)CC(=O)N2N=C(c3ccco3)CC2c2ccco2)n1. The van der Waals surface area contributed by atoms with E-state index in [4.69, 9.17) is 8.83 Å². The Bertz CT molecular complexity index is 1080. The van der Waals surface area contributed by atoms with Crippen molar-refractivity contribution < 1.29 is 18.4 Å². The minimum Gasteiger partial charge on any atom is -0.467 e. The second-order valence-electron chi connectivity index (χ2n) is 7.38. The minimum absolute atomic E-state index is 0.0147. The molecule has 0 aromatic carbocycles. The van der Waals surface area contributed by atoms with Crippen LogP contribution in [-0.4, -0.2) is 52.6 Å². The average Bonchev–Trinajstić information content (AvgIpc) is 3.47. The number of furan rings is 2. The maximum atomic E-state index is 13.0. The lowest BCUT2D eigenvalue weighted by molar-refractivity contribution is -0.134. The maximum Gasteiger partial charge on any atom is 0.257 e. The van der Waals surface area contributed by atoms with Gasteiger partial charge in [0.15, 0.2) is 0 Å². The van der Waals surface area contributed by atoms with E-state index in [1.165, 1.54) is 5.01 Å². The first-order chi connectivity index (χ1) is 15.0. The van der Waals surface area contributed by atoms with Crippen LogP contribution in [0.2, 0.25) is 0 Å². The molecule has 0 saturated heterocycles. The first-order valence-corrected chi connectivity index (χ1v) is 9.88. The Morgan fingerprint density at radius 1 is 1.13 bits per heavy atom. The Morgan fingerprint density at radius 2 is 1.94 bits per heavy atom. The lowest BCUT2D eigenvalue weighted by Gasteiger charge is -2.23. The monoisotopic (exact) mass is 421 g/mol. The van der Waals surface area contributed by atoms with Gasteiger partial charge in [-0.3, -0.25) is 14.5 Å². The molecule has 0 bridgehead atoms. The Hall–Kier alpha value is -3.72. The molecule has 160 valence electrons. The summed E-state index contributed by atoms with van der Waals surface area (Å²) < 4.78 is 11.0. The molecule has 4 rings (SSSR count). The number of nitrogens with one attached hydrogen (secondary N) is 1. The number of carbonyl (C=O) groups excluding carboxylic acids is 2. The smallest absolute Gasteiger partial charge is 0.257 e. The fourth-order valence-corrected chi connectivity index (χ4v) is 3.43. The zero-order valence-electron chi connectivity index (χ0n) is 17.3. The number of hydrogen-bond donors (Lipinski definition) is 1. The van der Waals surface area contributed by atoms with Crippen LogP contribution < -0.4 is 5.32 Å². The minimum atomic E-state index is -0.360. The summed E-state index contributed by atoms with van der Waals surface area (Å²) in [6.07, 6.45) is 3.62. The number of hydrogen-bond acceptors (Lipinski definition) is 7. The van der Waals surface area contributed by atoms with E-state index in [2.05, 4.69) is 15.4 Å². The highest BCUT2D eigenvalue weighted by molar-refractivity contribution is 6.01. The maximum absolute atomic E-state index is 13.0. The predicted molar refractivity (Wildman–Crippen MR) is 113 cm³/mol. The number of amides is 2. The van der Waals surface area contributed by atoms with Crippen LogP contribution in [0.1, 0.15) is 29.7 Å². The lowest BCUT2D eigenvalue weighted by Crippen LogP contribution is -2.39. The summed E-state index contributed by atoms with van der Waals surface area (Å²) in [4.78, 5) is 31.2. The molecule has 9 heteroatoms. The van der Waals surface area contributed by atoms with Gasteiger partial charge in [0.1, 0.15) is 29.1 Å². The van der Waals surface area contributed by atoms with Crippen LogP contribution in [0, 0.1) is 6.92 Å². The van der Waals surface area contributed by atoms with Crippen LogP contribution in [0.25, 0.3) is 0 Å². The van der Waals surface area contributed by atoms with Crippen molar-refractivity contribution in [2.75, 3.05) is 25.5 Å². The van der Waals surface area contributed by atoms with E-state index < -0.39 is 0 Å². The van der Waals surface area contributed by atoms with Crippen LogP contribution in [0.4, 0.5) is 5.82 Å². The highest BCUT2D eigenvalue weighted by Gasteiger charge is 2.36. The molecule has 3 aromatic heterocycles. The van der Waals surface area contributed by atoms with Crippen molar-refractivity contribution in [2.24, 2.45) is 5.10 Å². The summed E-state index contributed by atoms with van der Waals surface area (Å²) in [6, 6.07) is 12.2. The van der Waals surface area contributed by atoms with Gasteiger partial charge in [-0.1, -0.05) is 6.07 Å². The number of aromatic nitrogens is 1. The first kappa shape index (κ1) is 20.5.